The Bertz CT molecular complexity index is 737. The van der Waals surface area contributed by atoms with Crippen molar-refractivity contribution in [2.24, 2.45) is 5.92 Å². The van der Waals surface area contributed by atoms with Crippen molar-refractivity contribution in [3.8, 4) is 0 Å². The van der Waals surface area contributed by atoms with Gasteiger partial charge >= 0.3 is 0 Å². The number of amides is 1. The second kappa shape index (κ2) is 8.33. The molecular formula is C20H26N6O. The van der Waals surface area contributed by atoms with E-state index in [1.165, 1.54) is 25.7 Å². The molecule has 1 amide bonds. The molecule has 27 heavy (non-hydrogen) atoms. The Hall–Kier alpha value is -2.70. The van der Waals surface area contributed by atoms with Crippen molar-refractivity contribution >= 4 is 23.4 Å². The SMILES string of the molecule is O=C(CC1CCCC1)N1CCN(c2ccc(Nc3ccccn3)nn2)CC1. The van der Waals surface area contributed by atoms with Gasteiger partial charge in [0.05, 0.1) is 0 Å². The highest BCUT2D eigenvalue weighted by atomic mass is 16.2. The Kier molecular flexibility index (Phi) is 5.46. The van der Waals surface area contributed by atoms with Crippen molar-refractivity contribution in [2.75, 3.05) is 36.4 Å². The maximum atomic E-state index is 12.5. The van der Waals surface area contributed by atoms with Crippen LogP contribution in [-0.4, -0.2) is 52.2 Å². The first-order valence-electron chi connectivity index (χ1n) is 9.82. The number of hydrogen-bond acceptors (Lipinski definition) is 6. The minimum atomic E-state index is 0.322. The van der Waals surface area contributed by atoms with Crippen molar-refractivity contribution in [2.45, 2.75) is 32.1 Å². The van der Waals surface area contributed by atoms with Gasteiger partial charge in [0.1, 0.15) is 5.82 Å². The summed E-state index contributed by atoms with van der Waals surface area (Å²) < 4.78 is 0. The van der Waals surface area contributed by atoms with E-state index in [9.17, 15) is 4.79 Å². The van der Waals surface area contributed by atoms with Gasteiger partial charge in [-0.2, -0.15) is 0 Å². The Morgan fingerprint density at radius 2 is 1.81 bits per heavy atom. The first kappa shape index (κ1) is 17.7. The van der Waals surface area contributed by atoms with Crippen LogP contribution in [0.3, 0.4) is 0 Å². The molecule has 0 unspecified atom stereocenters. The monoisotopic (exact) mass is 366 g/mol. The molecule has 2 fully saturated rings. The minimum absolute atomic E-state index is 0.322. The number of piperazine rings is 1. The Balaban J connectivity index is 1.28. The van der Waals surface area contributed by atoms with Crippen molar-refractivity contribution in [3.05, 3.63) is 36.5 Å². The summed E-state index contributed by atoms with van der Waals surface area (Å²) in [6.45, 7) is 3.14. The van der Waals surface area contributed by atoms with Gasteiger partial charge in [-0.1, -0.05) is 18.9 Å². The average Bonchev–Trinajstić information content (AvgIpc) is 3.22. The molecule has 142 valence electrons. The zero-order valence-electron chi connectivity index (χ0n) is 15.5. The van der Waals surface area contributed by atoms with Crippen LogP contribution in [0.25, 0.3) is 0 Å². The fourth-order valence-electron chi connectivity index (χ4n) is 3.90. The van der Waals surface area contributed by atoms with Gasteiger partial charge in [0, 0.05) is 38.8 Å². The molecule has 1 N–H and O–H groups in total. The first-order chi connectivity index (χ1) is 13.3. The lowest BCUT2D eigenvalue weighted by atomic mass is 10.0. The summed E-state index contributed by atoms with van der Waals surface area (Å²) in [5.41, 5.74) is 0. The standard InChI is InChI=1S/C20H26N6O/c27-20(15-16-5-1-2-6-16)26-13-11-25(12-14-26)19-9-8-18(23-24-19)22-17-7-3-4-10-21-17/h3-4,7-10,16H,1-2,5-6,11-15H2,(H,21,22,23). The first-order valence-corrected chi connectivity index (χ1v) is 9.82. The van der Waals surface area contributed by atoms with Gasteiger partial charge in [-0.15, -0.1) is 10.2 Å². The summed E-state index contributed by atoms with van der Waals surface area (Å²) in [5.74, 6) is 3.20. The molecule has 2 aromatic heterocycles. The molecular weight excluding hydrogens is 340 g/mol. The second-order valence-corrected chi connectivity index (χ2v) is 7.34. The maximum Gasteiger partial charge on any atom is 0.222 e. The van der Waals surface area contributed by atoms with Gasteiger partial charge in [0.25, 0.3) is 0 Å². The van der Waals surface area contributed by atoms with Crippen molar-refractivity contribution in [3.63, 3.8) is 0 Å². The predicted molar refractivity (Wildman–Crippen MR) is 105 cm³/mol. The number of pyridine rings is 1. The molecule has 0 spiro atoms. The molecule has 0 bridgehead atoms. The van der Waals surface area contributed by atoms with Gasteiger partial charge in [-0.25, -0.2) is 4.98 Å². The Morgan fingerprint density at radius 1 is 1.00 bits per heavy atom. The lowest BCUT2D eigenvalue weighted by Crippen LogP contribution is -2.49. The van der Waals surface area contributed by atoms with Crippen LogP contribution in [0.1, 0.15) is 32.1 Å². The molecule has 0 radical (unpaired) electrons. The molecule has 4 rings (SSSR count). The molecule has 1 aliphatic carbocycles. The molecule has 7 heteroatoms. The van der Waals surface area contributed by atoms with Crippen LogP contribution in [0, 0.1) is 5.92 Å². The lowest BCUT2D eigenvalue weighted by Gasteiger charge is -2.35. The number of hydrogen-bond donors (Lipinski definition) is 1. The fourth-order valence-corrected chi connectivity index (χ4v) is 3.90. The van der Waals surface area contributed by atoms with E-state index in [-0.39, 0.29) is 0 Å². The Morgan fingerprint density at radius 3 is 2.48 bits per heavy atom. The van der Waals surface area contributed by atoms with Gasteiger partial charge in [-0.3, -0.25) is 4.79 Å². The molecule has 3 heterocycles. The average molecular weight is 366 g/mol. The van der Waals surface area contributed by atoms with Crippen molar-refractivity contribution in [1.82, 2.24) is 20.1 Å². The van der Waals surface area contributed by atoms with E-state index in [0.29, 0.717) is 17.6 Å². The number of anilines is 3. The molecule has 1 saturated heterocycles. The van der Waals surface area contributed by atoms with E-state index >= 15 is 0 Å². The van der Waals surface area contributed by atoms with E-state index in [2.05, 4.69) is 25.4 Å². The van der Waals surface area contributed by atoms with Crippen molar-refractivity contribution < 1.29 is 4.79 Å². The number of rotatable bonds is 5. The highest BCUT2D eigenvalue weighted by molar-refractivity contribution is 5.76. The number of carbonyl (C=O) groups is 1. The summed E-state index contributed by atoms with van der Waals surface area (Å²) in [7, 11) is 0. The summed E-state index contributed by atoms with van der Waals surface area (Å²) in [6, 6.07) is 9.56. The van der Waals surface area contributed by atoms with Crippen LogP contribution in [-0.2, 0) is 4.79 Å². The van der Waals surface area contributed by atoms with E-state index in [1.54, 1.807) is 6.20 Å². The van der Waals surface area contributed by atoms with E-state index in [4.69, 9.17) is 0 Å². The number of aromatic nitrogens is 3. The molecule has 7 nitrogen and oxygen atoms in total. The van der Waals surface area contributed by atoms with E-state index in [0.717, 1.165) is 44.2 Å². The predicted octanol–water partition coefficient (Wildman–Crippen LogP) is 2.84. The summed E-state index contributed by atoms with van der Waals surface area (Å²) in [5, 5.41) is 11.7. The molecule has 1 aliphatic heterocycles. The van der Waals surface area contributed by atoms with Crippen molar-refractivity contribution in [1.29, 1.82) is 0 Å². The fraction of sp³-hybridized carbons (Fsp3) is 0.500. The second-order valence-electron chi connectivity index (χ2n) is 7.34. The van der Waals surface area contributed by atoms with Gasteiger partial charge < -0.3 is 15.1 Å². The maximum absolute atomic E-state index is 12.5. The highest BCUT2D eigenvalue weighted by Gasteiger charge is 2.25. The minimum Gasteiger partial charge on any atom is -0.352 e. The molecule has 2 aromatic rings. The van der Waals surface area contributed by atoms with Crippen LogP contribution in [0.2, 0.25) is 0 Å². The van der Waals surface area contributed by atoms with Crippen LogP contribution >= 0.6 is 0 Å². The number of nitrogens with one attached hydrogen (secondary N) is 1. The largest absolute Gasteiger partial charge is 0.352 e. The molecule has 0 aromatic carbocycles. The number of nitrogens with zero attached hydrogens (tertiary/aromatic N) is 5. The summed E-state index contributed by atoms with van der Waals surface area (Å²) in [6.07, 6.45) is 7.48. The van der Waals surface area contributed by atoms with Gasteiger partial charge in [0.2, 0.25) is 5.91 Å². The third-order valence-corrected chi connectivity index (χ3v) is 5.47. The summed E-state index contributed by atoms with van der Waals surface area (Å²) in [4.78, 5) is 20.9. The quantitative estimate of drug-likeness (QED) is 0.877. The molecule has 0 atom stereocenters. The van der Waals surface area contributed by atoms with Gasteiger partial charge in [0.15, 0.2) is 11.6 Å². The van der Waals surface area contributed by atoms with Gasteiger partial charge in [-0.05, 0) is 43.0 Å². The highest BCUT2D eigenvalue weighted by Crippen LogP contribution is 2.28. The van der Waals surface area contributed by atoms with Crippen LogP contribution in [0.5, 0.6) is 0 Å². The number of carbonyl (C=O) groups excluding carboxylic acids is 1. The molecule has 1 saturated carbocycles. The third kappa shape index (κ3) is 4.53. The topological polar surface area (TPSA) is 74.2 Å². The third-order valence-electron chi connectivity index (χ3n) is 5.47. The smallest absolute Gasteiger partial charge is 0.222 e. The van der Waals surface area contributed by atoms with E-state index < -0.39 is 0 Å². The Labute approximate surface area is 159 Å². The molecule has 2 aliphatic rings. The summed E-state index contributed by atoms with van der Waals surface area (Å²) >= 11 is 0. The van der Waals surface area contributed by atoms with Crippen LogP contribution < -0.4 is 10.2 Å². The van der Waals surface area contributed by atoms with Crippen LogP contribution in [0.15, 0.2) is 36.5 Å². The van der Waals surface area contributed by atoms with E-state index in [1.807, 2.05) is 35.2 Å². The zero-order chi connectivity index (χ0) is 18.5. The zero-order valence-corrected chi connectivity index (χ0v) is 15.5. The lowest BCUT2D eigenvalue weighted by molar-refractivity contribution is -0.132. The normalized spacial score (nSPS) is 17.9. The van der Waals surface area contributed by atoms with Crippen LogP contribution in [0.4, 0.5) is 17.5 Å².